The Morgan fingerprint density at radius 2 is 2.32 bits per heavy atom. The van der Waals surface area contributed by atoms with Gasteiger partial charge in [-0.15, -0.1) is 0 Å². The van der Waals surface area contributed by atoms with Gasteiger partial charge in [-0.05, 0) is 56.0 Å². The molecule has 1 aromatic carbocycles. The van der Waals surface area contributed by atoms with E-state index in [0.717, 1.165) is 28.9 Å². The smallest absolute Gasteiger partial charge is 0.101 e. The molecule has 1 aliphatic carbocycles. The van der Waals surface area contributed by atoms with Crippen LogP contribution in [-0.2, 0) is 0 Å². The molecule has 3 nitrogen and oxygen atoms in total. The maximum Gasteiger partial charge on any atom is 0.101 e. The van der Waals surface area contributed by atoms with E-state index in [0.29, 0.717) is 5.92 Å². The maximum absolute atomic E-state index is 9.14. The summed E-state index contributed by atoms with van der Waals surface area (Å²) in [6.45, 7) is 1.08. The average Bonchev–Trinajstić information content (AvgIpc) is 3.04. The number of hydrogen-bond donors (Lipinski definition) is 2. The van der Waals surface area contributed by atoms with Crippen molar-refractivity contribution in [2.45, 2.75) is 25.2 Å². The van der Waals surface area contributed by atoms with Crippen molar-refractivity contribution in [1.82, 2.24) is 10.3 Å². The number of H-pyrrole nitrogens is 1. The molecule has 0 spiro atoms. The topological polar surface area (TPSA) is 51.6 Å². The highest BCUT2D eigenvalue weighted by molar-refractivity contribution is 5.86. The Balaban J connectivity index is 1.98. The predicted octanol–water partition coefficient (Wildman–Crippen LogP) is 3.14. The van der Waals surface area contributed by atoms with Gasteiger partial charge in [-0.2, -0.15) is 5.26 Å². The second kappa shape index (κ2) is 5.07. The molecule has 0 bridgehead atoms. The summed E-state index contributed by atoms with van der Waals surface area (Å²) >= 11 is 0. The zero-order valence-corrected chi connectivity index (χ0v) is 11.2. The lowest BCUT2D eigenvalue weighted by Gasteiger charge is -2.19. The van der Waals surface area contributed by atoms with E-state index >= 15 is 0 Å². The summed E-state index contributed by atoms with van der Waals surface area (Å²) in [5.74, 6) is 1.37. The fourth-order valence-corrected chi connectivity index (χ4v) is 3.44. The normalized spacial score (nSPS) is 22.7. The lowest BCUT2D eigenvalue weighted by molar-refractivity contribution is 0.463. The zero-order valence-electron chi connectivity index (χ0n) is 11.2. The summed E-state index contributed by atoms with van der Waals surface area (Å²) < 4.78 is 0. The largest absolute Gasteiger partial charge is 0.360 e. The van der Waals surface area contributed by atoms with Gasteiger partial charge in [-0.1, -0.05) is 12.5 Å². The van der Waals surface area contributed by atoms with Gasteiger partial charge in [0, 0.05) is 17.1 Å². The van der Waals surface area contributed by atoms with E-state index in [9.17, 15) is 0 Å². The third-order valence-corrected chi connectivity index (χ3v) is 4.38. The molecule has 0 saturated heterocycles. The SMILES string of the molecule is CNC[C@H]1CCC[C@@H]1c1ccc2[nH]cc(C#N)c2c1. The highest BCUT2D eigenvalue weighted by atomic mass is 14.8. The molecule has 0 aliphatic heterocycles. The second-order valence-corrected chi connectivity index (χ2v) is 5.47. The van der Waals surface area contributed by atoms with Crippen LogP contribution in [-0.4, -0.2) is 18.6 Å². The Kier molecular flexibility index (Phi) is 3.27. The summed E-state index contributed by atoms with van der Waals surface area (Å²) in [5, 5.41) is 13.5. The van der Waals surface area contributed by atoms with Crippen molar-refractivity contribution in [3.8, 4) is 6.07 Å². The van der Waals surface area contributed by atoms with Crippen LogP contribution in [0.2, 0.25) is 0 Å². The van der Waals surface area contributed by atoms with E-state index in [1.54, 1.807) is 6.20 Å². The Morgan fingerprint density at radius 1 is 1.42 bits per heavy atom. The zero-order chi connectivity index (χ0) is 13.2. The number of aromatic amines is 1. The Hall–Kier alpha value is -1.79. The quantitative estimate of drug-likeness (QED) is 0.883. The molecule has 3 heteroatoms. The monoisotopic (exact) mass is 253 g/mol. The molecule has 98 valence electrons. The first-order valence-corrected chi connectivity index (χ1v) is 6.99. The molecule has 0 amide bonds. The van der Waals surface area contributed by atoms with Crippen LogP contribution < -0.4 is 5.32 Å². The van der Waals surface area contributed by atoms with Gasteiger partial charge < -0.3 is 10.3 Å². The van der Waals surface area contributed by atoms with Crippen molar-refractivity contribution in [3.63, 3.8) is 0 Å². The minimum atomic E-state index is 0.637. The first-order chi connectivity index (χ1) is 9.33. The molecular formula is C16H19N3. The number of hydrogen-bond acceptors (Lipinski definition) is 2. The number of nitriles is 1. The van der Waals surface area contributed by atoms with Gasteiger partial charge in [0.05, 0.1) is 5.56 Å². The van der Waals surface area contributed by atoms with Gasteiger partial charge in [-0.25, -0.2) is 0 Å². The van der Waals surface area contributed by atoms with Crippen LogP contribution in [0.1, 0.15) is 36.3 Å². The number of rotatable bonds is 3. The first-order valence-electron chi connectivity index (χ1n) is 6.99. The van der Waals surface area contributed by atoms with Crippen molar-refractivity contribution in [2.24, 2.45) is 5.92 Å². The molecule has 0 radical (unpaired) electrons. The lowest BCUT2D eigenvalue weighted by atomic mass is 9.88. The minimum absolute atomic E-state index is 0.637. The predicted molar refractivity (Wildman–Crippen MR) is 77.0 cm³/mol. The number of nitrogens with one attached hydrogen (secondary N) is 2. The fourth-order valence-electron chi connectivity index (χ4n) is 3.44. The molecule has 2 aromatic rings. The van der Waals surface area contributed by atoms with Crippen LogP contribution in [0.4, 0.5) is 0 Å². The third-order valence-electron chi connectivity index (χ3n) is 4.38. The number of fused-ring (bicyclic) bond motifs is 1. The average molecular weight is 253 g/mol. The Morgan fingerprint density at radius 3 is 3.11 bits per heavy atom. The molecule has 19 heavy (non-hydrogen) atoms. The molecule has 1 aromatic heterocycles. The first kappa shape index (κ1) is 12.3. The lowest BCUT2D eigenvalue weighted by Crippen LogP contribution is -2.20. The number of nitrogens with zero attached hydrogens (tertiary/aromatic N) is 1. The number of benzene rings is 1. The molecule has 0 unspecified atom stereocenters. The van der Waals surface area contributed by atoms with E-state index < -0.39 is 0 Å². The van der Waals surface area contributed by atoms with Crippen LogP contribution in [0.15, 0.2) is 24.4 Å². The van der Waals surface area contributed by atoms with Crippen molar-refractivity contribution >= 4 is 10.9 Å². The van der Waals surface area contributed by atoms with Gasteiger partial charge in [0.1, 0.15) is 6.07 Å². The highest BCUT2D eigenvalue weighted by Gasteiger charge is 2.28. The maximum atomic E-state index is 9.14. The standard InChI is InChI=1S/C16H19N3/c1-18-9-12-3-2-4-14(12)11-5-6-16-15(7-11)13(8-17)10-19-16/h5-7,10,12,14,18-19H,2-4,9H2,1H3/t12-,14-/m1/s1. The molecule has 2 atom stereocenters. The summed E-state index contributed by atoms with van der Waals surface area (Å²) in [4.78, 5) is 3.16. The summed E-state index contributed by atoms with van der Waals surface area (Å²) in [6.07, 6.45) is 5.69. The molecule has 1 fully saturated rings. The van der Waals surface area contributed by atoms with Crippen LogP contribution in [0, 0.1) is 17.2 Å². The molecule has 2 N–H and O–H groups in total. The highest BCUT2D eigenvalue weighted by Crippen LogP contribution is 2.40. The molecule has 1 aliphatic rings. The van der Waals surface area contributed by atoms with Crippen molar-refractivity contribution in [2.75, 3.05) is 13.6 Å². The van der Waals surface area contributed by atoms with Crippen molar-refractivity contribution in [1.29, 1.82) is 5.26 Å². The summed E-state index contributed by atoms with van der Waals surface area (Å²) in [7, 11) is 2.03. The third kappa shape index (κ3) is 2.13. The summed E-state index contributed by atoms with van der Waals surface area (Å²) in [5.41, 5.74) is 3.20. The van der Waals surface area contributed by atoms with Crippen LogP contribution in [0.3, 0.4) is 0 Å². The molecule has 3 rings (SSSR count). The molecule has 1 saturated carbocycles. The Bertz CT molecular complexity index is 620. The molecule has 1 heterocycles. The summed E-state index contributed by atoms with van der Waals surface area (Å²) in [6, 6.07) is 8.80. The van der Waals surface area contributed by atoms with E-state index in [4.69, 9.17) is 5.26 Å². The second-order valence-electron chi connectivity index (χ2n) is 5.47. The van der Waals surface area contributed by atoms with E-state index in [-0.39, 0.29) is 0 Å². The van der Waals surface area contributed by atoms with E-state index in [1.807, 2.05) is 7.05 Å². The molecular weight excluding hydrogens is 234 g/mol. The van der Waals surface area contributed by atoms with Gasteiger partial charge in [-0.3, -0.25) is 0 Å². The fraction of sp³-hybridized carbons (Fsp3) is 0.438. The van der Waals surface area contributed by atoms with Gasteiger partial charge in [0.15, 0.2) is 0 Å². The Labute approximate surface area is 113 Å². The van der Waals surface area contributed by atoms with Gasteiger partial charge in [0.25, 0.3) is 0 Å². The van der Waals surface area contributed by atoms with Crippen LogP contribution in [0.5, 0.6) is 0 Å². The van der Waals surface area contributed by atoms with Crippen molar-refractivity contribution in [3.05, 3.63) is 35.5 Å². The number of aromatic nitrogens is 1. The van der Waals surface area contributed by atoms with E-state index in [1.165, 1.54) is 24.8 Å². The van der Waals surface area contributed by atoms with Crippen molar-refractivity contribution < 1.29 is 0 Å². The van der Waals surface area contributed by atoms with Crippen LogP contribution >= 0.6 is 0 Å². The van der Waals surface area contributed by atoms with Gasteiger partial charge in [0.2, 0.25) is 0 Å². The van der Waals surface area contributed by atoms with Gasteiger partial charge >= 0.3 is 0 Å². The van der Waals surface area contributed by atoms with Crippen LogP contribution in [0.25, 0.3) is 10.9 Å². The minimum Gasteiger partial charge on any atom is -0.360 e. The van der Waals surface area contributed by atoms with E-state index in [2.05, 4.69) is 34.6 Å².